The molecule has 5 nitrogen and oxygen atoms in total. The molecular formula is C13H17ClN2O3. The van der Waals surface area contributed by atoms with Crippen LogP contribution in [0, 0.1) is 0 Å². The summed E-state index contributed by atoms with van der Waals surface area (Å²) in [7, 11) is 0. The number of carbonyl (C=O) groups is 1. The number of ether oxygens (including phenoxy) is 1. The maximum absolute atomic E-state index is 11.3. The van der Waals surface area contributed by atoms with Crippen LogP contribution >= 0.6 is 11.6 Å². The lowest BCUT2D eigenvalue weighted by Crippen LogP contribution is -2.25. The molecule has 2 aliphatic heterocycles. The van der Waals surface area contributed by atoms with Crippen LogP contribution in [0.15, 0.2) is 0 Å². The van der Waals surface area contributed by atoms with E-state index in [4.69, 9.17) is 16.3 Å². The number of carboxylic acids is 1. The number of halogens is 1. The van der Waals surface area contributed by atoms with Crippen LogP contribution in [0.5, 0.6) is 0 Å². The van der Waals surface area contributed by atoms with E-state index in [2.05, 4.69) is 4.98 Å². The molecule has 1 aromatic rings. The fourth-order valence-electron chi connectivity index (χ4n) is 3.12. The van der Waals surface area contributed by atoms with Crippen molar-refractivity contribution in [3.05, 3.63) is 16.7 Å². The summed E-state index contributed by atoms with van der Waals surface area (Å²) < 4.78 is 7.41. The van der Waals surface area contributed by atoms with Crippen molar-refractivity contribution in [3.8, 4) is 0 Å². The number of hydrogen-bond acceptors (Lipinski definition) is 3. The number of rotatable bonds is 2. The van der Waals surface area contributed by atoms with E-state index >= 15 is 0 Å². The molecule has 1 unspecified atom stereocenters. The van der Waals surface area contributed by atoms with Gasteiger partial charge in [0.1, 0.15) is 11.7 Å². The van der Waals surface area contributed by atoms with Crippen LogP contribution in [0.25, 0.3) is 0 Å². The third-order valence-electron chi connectivity index (χ3n) is 4.08. The summed E-state index contributed by atoms with van der Waals surface area (Å²) in [4.78, 5) is 15.8. The molecule has 0 amide bonds. The Balaban J connectivity index is 1.99. The van der Waals surface area contributed by atoms with Crippen LogP contribution in [0.2, 0.25) is 5.15 Å². The minimum absolute atomic E-state index is 0.340. The summed E-state index contributed by atoms with van der Waals surface area (Å²) in [6, 6.07) is 0. The lowest BCUT2D eigenvalue weighted by Gasteiger charge is -2.26. The van der Waals surface area contributed by atoms with E-state index < -0.39 is 11.9 Å². The predicted molar refractivity (Wildman–Crippen MR) is 69.6 cm³/mol. The number of fused-ring (bicyclic) bond motifs is 1. The van der Waals surface area contributed by atoms with Crippen LogP contribution in [-0.4, -0.2) is 33.8 Å². The minimum atomic E-state index is -0.804. The van der Waals surface area contributed by atoms with Crippen LogP contribution < -0.4 is 0 Å². The van der Waals surface area contributed by atoms with Crippen molar-refractivity contribution in [2.24, 2.45) is 0 Å². The van der Waals surface area contributed by atoms with Gasteiger partial charge in [0.2, 0.25) is 0 Å². The van der Waals surface area contributed by atoms with Crippen LogP contribution in [0.3, 0.4) is 0 Å². The molecule has 0 spiro atoms. The van der Waals surface area contributed by atoms with Crippen molar-refractivity contribution in [3.63, 3.8) is 0 Å². The van der Waals surface area contributed by atoms with Crippen LogP contribution in [0.1, 0.15) is 49.0 Å². The van der Waals surface area contributed by atoms with Crippen molar-refractivity contribution >= 4 is 17.6 Å². The summed E-state index contributed by atoms with van der Waals surface area (Å²) in [6.07, 6.45) is 3.38. The van der Waals surface area contributed by atoms with Gasteiger partial charge in [-0.2, -0.15) is 0 Å². The summed E-state index contributed by atoms with van der Waals surface area (Å²) in [5.41, 5.74) is 0.696. The molecule has 0 aromatic carbocycles. The Hall–Kier alpha value is -1.07. The van der Waals surface area contributed by atoms with Gasteiger partial charge in [0.25, 0.3) is 0 Å². The zero-order chi connectivity index (χ0) is 13.4. The molecule has 3 heterocycles. The van der Waals surface area contributed by atoms with Gasteiger partial charge in [-0.3, -0.25) is 4.79 Å². The van der Waals surface area contributed by atoms with E-state index in [0.717, 1.165) is 44.8 Å². The van der Waals surface area contributed by atoms with Gasteiger partial charge < -0.3 is 14.4 Å². The Morgan fingerprint density at radius 1 is 1.37 bits per heavy atom. The van der Waals surface area contributed by atoms with E-state index in [-0.39, 0.29) is 0 Å². The summed E-state index contributed by atoms with van der Waals surface area (Å²) in [5, 5.41) is 9.68. The highest BCUT2D eigenvalue weighted by Crippen LogP contribution is 2.37. The maximum atomic E-state index is 11.3. The zero-order valence-electron chi connectivity index (χ0n) is 10.6. The van der Waals surface area contributed by atoms with Gasteiger partial charge in [-0.1, -0.05) is 11.6 Å². The molecule has 0 bridgehead atoms. The molecular weight excluding hydrogens is 268 g/mol. The molecule has 1 saturated heterocycles. The van der Waals surface area contributed by atoms with Crippen molar-refractivity contribution in [1.82, 2.24) is 9.55 Å². The summed E-state index contributed by atoms with van der Waals surface area (Å²) in [6.45, 7) is 2.31. The fraction of sp³-hybridized carbons (Fsp3) is 0.692. The average molecular weight is 285 g/mol. The van der Waals surface area contributed by atoms with Gasteiger partial charge in [0, 0.05) is 25.7 Å². The number of nitrogens with zero attached hydrogens (tertiary/aromatic N) is 2. The van der Waals surface area contributed by atoms with Crippen molar-refractivity contribution in [2.75, 3.05) is 13.2 Å². The van der Waals surface area contributed by atoms with Gasteiger partial charge in [0.05, 0.1) is 5.69 Å². The normalized spacial score (nSPS) is 24.2. The standard InChI is InChI=1S/C13H17ClN2O3/c14-11-10-9(13(17)18)2-1-5-16(10)12(15-11)8-3-6-19-7-4-8/h8-9H,1-7H2,(H,17,18). The third kappa shape index (κ3) is 2.25. The lowest BCUT2D eigenvalue weighted by molar-refractivity contribution is -0.139. The second kappa shape index (κ2) is 5.13. The molecule has 3 rings (SSSR count). The summed E-state index contributed by atoms with van der Waals surface area (Å²) in [5.74, 6) is -0.0228. The van der Waals surface area contributed by atoms with Crippen LogP contribution in [0.4, 0.5) is 0 Å². The topological polar surface area (TPSA) is 64.3 Å². The number of aliphatic carboxylic acids is 1. The molecule has 6 heteroatoms. The molecule has 19 heavy (non-hydrogen) atoms. The number of carboxylic acid groups (broad SMARTS) is 1. The molecule has 0 aliphatic carbocycles. The molecule has 0 radical (unpaired) electrons. The predicted octanol–water partition coefficient (Wildman–Crippen LogP) is 2.39. The average Bonchev–Trinajstić information content (AvgIpc) is 2.77. The lowest BCUT2D eigenvalue weighted by atomic mass is 9.95. The second-order valence-corrected chi connectivity index (χ2v) is 5.58. The second-order valence-electron chi connectivity index (χ2n) is 5.22. The van der Waals surface area contributed by atoms with Gasteiger partial charge >= 0.3 is 5.97 Å². The molecule has 1 aromatic heterocycles. The van der Waals surface area contributed by atoms with E-state index in [1.807, 2.05) is 4.57 Å². The first-order valence-electron chi connectivity index (χ1n) is 6.75. The largest absolute Gasteiger partial charge is 0.481 e. The Bertz CT molecular complexity index is 494. The monoisotopic (exact) mass is 284 g/mol. The first kappa shape index (κ1) is 12.9. The van der Waals surface area contributed by atoms with Crippen molar-refractivity contribution < 1.29 is 14.6 Å². The maximum Gasteiger partial charge on any atom is 0.312 e. The number of imidazole rings is 1. The molecule has 104 valence electrons. The highest BCUT2D eigenvalue weighted by molar-refractivity contribution is 6.30. The van der Waals surface area contributed by atoms with Crippen molar-refractivity contribution in [2.45, 2.75) is 44.1 Å². The first-order chi connectivity index (χ1) is 9.18. The highest BCUT2D eigenvalue weighted by atomic mass is 35.5. The van der Waals surface area contributed by atoms with E-state index in [1.165, 1.54) is 0 Å². The van der Waals surface area contributed by atoms with Gasteiger partial charge in [-0.15, -0.1) is 0 Å². The van der Waals surface area contributed by atoms with E-state index in [1.54, 1.807) is 0 Å². The molecule has 1 fully saturated rings. The SMILES string of the molecule is O=C(O)C1CCCn2c(C3CCOCC3)nc(Cl)c21. The Morgan fingerprint density at radius 2 is 2.11 bits per heavy atom. The van der Waals surface area contributed by atoms with E-state index in [0.29, 0.717) is 23.2 Å². The Labute approximate surface area is 116 Å². The van der Waals surface area contributed by atoms with Crippen LogP contribution in [-0.2, 0) is 16.1 Å². The smallest absolute Gasteiger partial charge is 0.312 e. The molecule has 0 saturated carbocycles. The van der Waals surface area contributed by atoms with Gasteiger partial charge in [-0.25, -0.2) is 4.98 Å². The Kier molecular flexibility index (Phi) is 3.50. The quantitative estimate of drug-likeness (QED) is 0.906. The molecule has 1 N–H and O–H groups in total. The highest BCUT2D eigenvalue weighted by Gasteiger charge is 2.34. The third-order valence-corrected chi connectivity index (χ3v) is 4.36. The van der Waals surface area contributed by atoms with Crippen molar-refractivity contribution in [1.29, 1.82) is 0 Å². The fourth-order valence-corrected chi connectivity index (χ4v) is 3.44. The summed E-state index contributed by atoms with van der Waals surface area (Å²) >= 11 is 6.19. The van der Waals surface area contributed by atoms with Gasteiger partial charge in [-0.05, 0) is 25.7 Å². The molecule has 1 atom stereocenters. The Morgan fingerprint density at radius 3 is 2.79 bits per heavy atom. The van der Waals surface area contributed by atoms with E-state index in [9.17, 15) is 9.90 Å². The van der Waals surface area contributed by atoms with Gasteiger partial charge in [0.15, 0.2) is 5.15 Å². The number of aromatic nitrogens is 2. The first-order valence-corrected chi connectivity index (χ1v) is 7.12. The number of hydrogen-bond donors (Lipinski definition) is 1. The zero-order valence-corrected chi connectivity index (χ0v) is 11.4. The minimum Gasteiger partial charge on any atom is -0.481 e. The molecule has 2 aliphatic rings.